The maximum atomic E-state index is 13.2. The highest BCUT2D eigenvalue weighted by Gasteiger charge is 2.60. The van der Waals surface area contributed by atoms with Crippen LogP contribution in [0.15, 0.2) is 60.7 Å². The minimum absolute atomic E-state index is 0.0219. The summed E-state index contributed by atoms with van der Waals surface area (Å²) in [6.07, 6.45) is 2.93. The molecule has 0 N–H and O–H groups in total. The van der Waals surface area contributed by atoms with E-state index in [1.807, 2.05) is 0 Å². The molecule has 1 atom stereocenters. The molecule has 0 bridgehead atoms. The molecule has 30 heavy (non-hydrogen) atoms. The first-order valence-corrected chi connectivity index (χ1v) is 11.9. The second-order valence-electron chi connectivity index (χ2n) is 7.21. The number of anilines is 1. The van der Waals surface area contributed by atoms with Crippen molar-refractivity contribution in [3.63, 3.8) is 0 Å². The van der Waals surface area contributed by atoms with Gasteiger partial charge in [0.25, 0.3) is 5.60 Å². The number of cyclic esters (lactones) is 1. The van der Waals surface area contributed by atoms with Crippen LogP contribution in [0, 0.1) is 6.04 Å². The number of ether oxygens (including phenoxy) is 2. The van der Waals surface area contributed by atoms with E-state index < -0.39 is 33.4 Å². The van der Waals surface area contributed by atoms with Crippen LogP contribution in [-0.2, 0) is 38.0 Å². The number of nitrogens with zero attached hydrogens (tertiary/aromatic N) is 1. The van der Waals surface area contributed by atoms with Crippen LogP contribution in [0.25, 0.3) is 0 Å². The Labute approximate surface area is 176 Å². The van der Waals surface area contributed by atoms with Crippen LogP contribution >= 0.6 is 0 Å². The van der Waals surface area contributed by atoms with Gasteiger partial charge >= 0.3 is 17.8 Å². The number of carbonyl (C=O) groups excluding carboxylic acids is 3. The molecule has 0 aliphatic carbocycles. The zero-order chi connectivity index (χ0) is 21.9. The van der Waals surface area contributed by atoms with Crippen LogP contribution in [0.1, 0.15) is 12.5 Å². The highest BCUT2D eigenvalue weighted by molar-refractivity contribution is 8.01. The molecule has 2 aromatic carbocycles. The molecular weight excluding hydrogens is 406 g/mol. The van der Waals surface area contributed by atoms with E-state index in [0.29, 0.717) is 11.3 Å². The highest BCUT2D eigenvalue weighted by atomic mass is 32.2. The Morgan fingerprint density at radius 3 is 2.17 bits per heavy atom. The summed E-state index contributed by atoms with van der Waals surface area (Å²) in [5, 5.41) is 0. The second-order valence-corrected chi connectivity index (χ2v) is 10.4. The Morgan fingerprint density at radius 2 is 1.63 bits per heavy atom. The third kappa shape index (κ3) is 4.09. The minimum Gasteiger partial charge on any atom is -0.463 e. The zero-order valence-corrected chi connectivity index (χ0v) is 17.8. The molecule has 1 amide bonds. The molecule has 1 saturated heterocycles. The number of hydrogen-bond donors (Lipinski definition) is 0. The Kier molecular flexibility index (Phi) is 5.98. The number of morpholine rings is 1. The molecule has 0 spiro atoms. The van der Waals surface area contributed by atoms with E-state index in [1.54, 1.807) is 67.6 Å². The van der Waals surface area contributed by atoms with Gasteiger partial charge in [-0.05, 0) is 25.1 Å². The van der Waals surface area contributed by atoms with Crippen LogP contribution in [0.4, 0.5) is 5.69 Å². The van der Waals surface area contributed by atoms with Crippen LogP contribution in [0.5, 0.6) is 0 Å². The largest absolute Gasteiger partial charge is 0.463 e. The van der Waals surface area contributed by atoms with Crippen molar-refractivity contribution in [1.82, 2.24) is 0 Å². The van der Waals surface area contributed by atoms with Crippen LogP contribution in [-0.4, -0.2) is 48.3 Å². The van der Waals surface area contributed by atoms with Crippen molar-refractivity contribution in [1.29, 1.82) is 0 Å². The van der Waals surface area contributed by atoms with E-state index in [4.69, 9.17) is 9.47 Å². The Hall–Kier alpha value is -3.13. The van der Waals surface area contributed by atoms with Gasteiger partial charge in [0.1, 0.15) is 12.5 Å². The van der Waals surface area contributed by atoms with Gasteiger partial charge in [0.15, 0.2) is 5.75 Å². The first-order chi connectivity index (χ1) is 14.2. The molecule has 8 heteroatoms. The lowest BCUT2D eigenvalue weighted by molar-refractivity contribution is -0.182. The van der Waals surface area contributed by atoms with Gasteiger partial charge in [-0.25, -0.2) is 9.59 Å². The number of para-hydroxylation sites is 1. The van der Waals surface area contributed by atoms with Gasteiger partial charge in [0.2, 0.25) is 0 Å². The van der Waals surface area contributed by atoms with Crippen LogP contribution in [0.2, 0.25) is 0 Å². The van der Waals surface area contributed by atoms with Crippen molar-refractivity contribution >= 4 is 33.5 Å². The molecule has 1 unspecified atom stereocenters. The third-order valence-electron chi connectivity index (χ3n) is 4.47. The molecule has 0 aromatic heterocycles. The predicted octanol–water partition coefficient (Wildman–Crippen LogP) is 2.22. The number of hydrogen-bond acceptors (Lipinski definition) is 6. The summed E-state index contributed by atoms with van der Waals surface area (Å²) in [6.45, 7) is 1.64. The molecule has 7 nitrogen and oxygen atoms in total. The van der Waals surface area contributed by atoms with E-state index in [1.165, 1.54) is 12.5 Å². The van der Waals surface area contributed by atoms with E-state index in [9.17, 15) is 18.6 Å². The van der Waals surface area contributed by atoms with E-state index >= 15 is 0 Å². The van der Waals surface area contributed by atoms with Crippen molar-refractivity contribution in [3.8, 4) is 0 Å². The number of rotatable bonds is 6. The fourth-order valence-electron chi connectivity index (χ4n) is 3.44. The maximum absolute atomic E-state index is 13.2. The number of carbonyl (C=O) groups is 3. The lowest BCUT2D eigenvalue weighted by atomic mass is 9.86. The van der Waals surface area contributed by atoms with Crippen molar-refractivity contribution in [3.05, 3.63) is 72.3 Å². The van der Waals surface area contributed by atoms with E-state index in [-0.39, 0.29) is 18.4 Å². The summed E-state index contributed by atoms with van der Waals surface area (Å²) in [4.78, 5) is 40.0. The number of amides is 1. The van der Waals surface area contributed by atoms with Crippen LogP contribution in [0.3, 0.4) is 0 Å². The fraction of sp³-hybridized carbons (Fsp3) is 0.273. The molecule has 2 aromatic rings. The Bertz CT molecular complexity index is 987. The quantitative estimate of drug-likeness (QED) is 0.303. The zero-order valence-electron chi connectivity index (χ0n) is 17.0. The van der Waals surface area contributed by atoms with Gasteiger partial charge < -0.3 is 14.4 Å². The average molecular weight is 429 g/mol. The van der Waals surface area contributed by atoms with Crippen molar-refractivity contribution < 1.29 is 28.1 Å². The van der Waals surface area contributed by atoms with Gasteiger partial charge in [0, 0.05) is 5.69 Å². The lowest BCUT2D eigenvalue weighted by Gasteiger charge is -2.50. The minimum atomic E-state index is -2.62. The Balaban J connectivity index is 2.31. The predicted molar refractivity (Wildman–Crippen MR) is 113 cm³/mol. The van der Waals surface area contributed by atoms with Crippen molar-refractivity contribution in [2.45, 2.75) is 12.5 Å². The molecular formula is C22H23NO6S. The van der Waals surface area contributed by atoms with E-state index in [0.717, 1.165) is 4.90 Å². The summed E-state index contributed by atoms with van der Waals surface area (Å²) < 4.78 is 23.6. The standard InChI is InChI=1S/C22H23NO6S/c1-4-28-21(26)22(15-30(2,3)27)18(16-11-7-5-8-12-16)23(19(24)20(25)29-22)17-13-9-6-10-14-17/h5-14H,4,15H2,1-3H3. The van der Waals surface area contributed by atoms with Gasteiger partial charge in [-0.3, -0.25) is 4.79 Å². The molecule has 0 radical (unpaired) electrons. The molecule has 1 aliphatic heterocycles. The van der Waals surface area contributed by atoms with Gasteiger partial charge in [-0.2, -0.15) is 17.7 Å². The van der Waals surface area contributed by atoms with Gasteiger partial charge in [-0.15, -0.1) is 16.3 Å². The third-order valence-corrected chi connectivity index (χ3v) is 5.57. The average Bonchev–Trinajstić information content (AvgIpc) is 2.70. The van der Waals surface area contributed by atoms with Gasteiger partial charge in [-0.1, -0.05) is 24.3 Å². The van der Waals surface area contributed by atoms with Crippen molar-refractivity contribution in [2.75, 3.05) is 29.8 Å². The Morgan fingerprint density at radius 1 is 1.07 bits per heavy atom. The fourth-order valence-corrected chi connectivity index (χ4v) is 4.73. The summed E-state index contributed by atoms with van der Waals surface area (Å²) in [6, 6.07) is 17.2. The van der Waals surface area contributed by atoms with Crippen LogP contribution < -0.4 is 4.90 Å². The van der Waals surface area contributed by atoms with E-state index in [2.05, 4.69) is 0 Å². The second kappa shape index (κ2) is 8.31. The maximum Gasteiger partial charge on any atom is 0.397 e. The topological polar surface area (TPSA) is 90.0 Å². The molecule has 1 fully saturated rings. The first kappa shape index (κ1) is 21.6. The monoisotopic (exact) mass is 429 g/mol. The van der Waals surface area contributed by atoms with Crippen molar-refractivity contribution in [2.24, 2.45) is 0 Å². The summed E-state index contributed by atoms with van der Waals surface area (Å²) >= 11 is 0. The smallest absolute Gasteiger partial charge is 0.397 e. The summed E-state index contributed by atoms with van der Waals surface area (Å²) in [7, 11) is -2.62. The lowest BCUT2D eigenvalue weighted by Crippen LogP contribution is -2.66. The number of esters is 2. The molecule has 1 aliphatic rings. The molecule has 0 saturated carbocycles. The summed E-state index contributed by atoms with van der Waals surface area (Å²) in [5.41, 5.74) is -1.19. The first-order valence-electron chi connectivity index (χ1n) is 9.34. The summed E-state index contributed by atoms with van der Waals surface area (Å²) in [5.74, 6) is -3.36. The van der Waals surface area contributed by atoms with Gasteiger partial charge in [0.05, 0.1) is 16.5 Å². The molecule has 158 valence electrons. The normalized spacial score (nSPS) is 19.4. The number of benzene rings is 2. The highest BCUT2D eigenvalue weighted by Crippen LogP contribution is 2.42. The molecule has 3 rings (SSSR count). The molecule has 1 heterocycles. The SMILES string of the molecule is CCOC(=O)C1(C[S+](C)(C)=O)OC(=O)C(=O)N(c2ccccc2)[C-]1c1ccccc1.